The Kier molecular flexibility index (Phi) is 7.80. The van der Waals surface area contributed by atoms with Crippen molar-refractivity contribution in [2.45, 2.75) is 45.4 Å². The van der Waals surface area contributed by atoms with Crippen molar-refractivity contribution in [3.8, 4) is 0 Å². The Bertz CT molecular complexity index is 242. The minimum atomic E-state index is -3.78. The van der Waals surface area contributed by atoms with E-state index < -0.39 is 10.1 Å². The van der Waals surface area contributed by atoms with Crippen LogP contribution in [0.3, 0.4) is 0 Å². The van der Waals surface area contributed by atoms with Crippen LogP contribution in [0.15, 0.2) is 12.2 Å². The van der Waals surface area contributed by atoms with Crippen LogP contribution in [0.5, 0.6) is 0 Å². The summed E-state index contributed by atoms with van der Waals surface area (Å²) < 4.78 is 29.1. The summed E-state index contributed by atoms with van der Waals surface area (Å²) >= 11 is 0. The summed E-state index contributed by atoms with van der Waals surface area (Å²) in [5, 5.41) is 0. The molecule has 0 saturated carbocycles. The van der Waals surface area contributed by atoms with E-state index in [4.69, 9.17) is 4.55 Å². The monoisotopic (exact) mass is 220 g/mol. The summed E-state index contributed by atoms with van der Waals surface area (Å²) in [5.41, 5.74) is 0. The third-order valence-electron chi connectivity index (χ3n) is 1.93. The van der Waals surface area contributed by atoms with Gasteiger partial charge < -0.3 is 0 Å². The second-order valence-electron chi connectivity index (χ2n) is 3.40. The highest BCUT2D eigenvalue weighted by atomic mass is 32.2. The molecule has 0 aromatic heterocycles. The fourth-order valence-electron chi connectivity index (χ4n) is 1.14. The fraction of sp³-hybridized carbons (Fsp3) is 0.800. The fourth-order valence-corrected chi connectivity index (χ4v) is 1.58. The van der Waals surface area contributed by atoms with E-state index in [-0.39, 0.29) is 5.75 Å². The summed E-state index contributed by atoms with van der Waals surface area (Å²) in [4.78, 5) is 0. The van der Waals surface area contributed by atoms with E-state index in [1.54, 1.807) is 0 Å². The van der Waals surface area contributed by atoms with E-state index in [1.165, 1.54) is 19.3 Å². The summed E-state index contributed by atoms with van der Waals surface area (Å²) in [7, 11) is -3.78. The van der Waals surface area contributed by atoms with Gasteiger partial charge in [0.25, 0.3) is 10.1 Å². The molecule has 0 saturated heterocycles. The largest absolute Gasteiger partial charge is 0.286 e. The van der Waals surface area contributed by atoms with Gasteiger partial charge in [-0.3, -0.25) is 4.55 Å². The van der Waals surface area contributed by atoms with Gasteiger partial charge in [-0.25, -0.2) is 0 Å². The molecule has 84 valence electrons. The van der Waals surface area contributed by atoms with E-state index in [2.05, 4.69) is 6.92 Å². The predicted molar refractivity (Wildman–Crippen MR) is 58.9 cm³/mol. The molecule has 3 nitrogen and oxygen atoms in total. The number of hydrogen-bond donors (Lipinski definition) is 1. The standard InChI is InChI=1S/C10H20O3S/c1-2-3-4-5-6-7-8-9-10-14(11,12)13/h7-8H,2-6,9-10H2,1H3,(H,11,12,13). The maximum absolute atomic E-state index is 10.3. The van der Waals surface area contributed by atoms with Crippen molar-refractivity contribution in [1.82, 2.24) is 0 Å². The first-order valence-corrected chi connectivity index (χ1v) is 6.77. The van der Waals surface area contributed by atoms with Gasteiger partial charge >= 0.3 is 0 Å². The molecule has 0 unspecified atom stereocenters. The quantitative estimate of drug-likeness (QED) is 0.389. The lowest BCUT2D eigenvalue weighted by Crippen LogP contribution is -2.01. The van der Waals surface area contributed by atoms with E-state index in [1.807, 2.05) is 12.2 Å². The molecule has 0 spiro atoms. The topological polar surface area (TPSA) is 54.4 Å². The van der Waals surface area contributed by atoms with Gasteiger partial charge in [0, 0.05) is 0 Å². The first kappa shape index (κ1) is 13.7. The van der Waals surface area contributed by atoms with Crippen LogP contribution in [0.25, 0.3) is 0 Å². The van der Waals surface area contributed by atoms with E-state index in [0.29, 0.717) is 6.42 Å². The lowest BCUT2D eigenvalue weighted by atomic mass is 10.1. The van der Waals surface area contributed by atoms with Crippen LogP contribution in [-0.4, -0.2) is 18.7 Å². The Morgan fingerprint density at radius 1 is 1.07 bits per heavy atom. The molecule has 0 aliphatic rings. The average Bonchev–Trinajstić information content (AvgIpc) is 2.08. The van der Waals surface area contributed by atoms with E-state index in [0.717, 1.165) is 12.8 Å². The summed E-state index contributed by atoms with van der Waals surface area (Å²) in [6, 6.07) is 0. The van der Waals surface area contributed by atoms with Crippen LogP contribution in [0.2, 0.25) is 0 Å². The second-order valence-corrected chi connectivity index (χ2v) is 4.97. The molecule has 0 aliphatic carbocycles. The third-order valence-corrected chi connectivity index (χ3v) is 2.69. The maximum atomic E-state index is 10.3. The normalized spacial score (nSPS) is 12.4. The minimum Gasteiger partial charge on any atom is -0.286 e. The number of allylic oxidation sites excluding steroid dienone is 2. The first-order valence-electron chi connectivity index (χ1n) is 5.16. The molecule has 0 radical (unpaired) electrons. The van der Waals surface area contributed by atoms with Crippen LogP contribution in [0.4, 0.5) is 0 Å². The van der Waals surface area contributed by atoms with Gasteiger partial charge in [-0.2, -0.15) is 8.42 Å². The number of rotatable bonds is 8. The lowest BCUT2D eigenvalue weighted by Gasteiger charge is -1.94. The molecular weight excluding hydrogens is 200 g/mol. The van der Waals surface area contributed by atoms with Crippen LogP contribution in [0, 0.1) is 0 Å². The zero-order valence-electron chi connectivity index (χ0n) is 8.78. The van der Waals surface area contributed by atoms with Gasteiger partial charge in [-0.15, -0.1) is 0 Å². The molecule has 0 fully saturated rings. The molecule has 1 N–H and O–H groups in total. The average molecular weight is 220 g/mol. The Labute approximate surface area is 87.0 Å². The molecule has 4 heteroatoms. The van der Waals surface area contributed by atoms with Crippen molar-refractivity contribution >= 4 is 10.1 Å². The molecule has 0 bridgehead atoms. The van der Waals surface area contributed by atoms with Crippen molar-refractivity contribution in [3.63, 3.8) is 0 Å². The van der Waals surface area contributed by atoms with Crippen molar-refractivity contribution in [2.24, 2.45) is 0 Å². The lowest BCUT2D eigenvalue weighted by molar-refractivity contribution is 0.483. The SMILES string of the molecule is CCCCCCC=CCCS(=O)(=O)O. The Morgan fingerprint density at radius 2 is 1.71 bits per heavy atom. The molecule has 14 heavy (non-hydrogen) atoms. The highest BCUT2D eigenvalue weighted by molar-refractivity contribution is 7.85. The molecule has 0 aromatic carbocycles. The van der Waals surface area contributed by atoms with Gasteiger partial charge in [0.2, 0.25) is 0 Å². The van der Waals surface area contributed by atoms with Crippen molar-refractivity contribution in [3.05, 3.63) is 12.2 Å². The molecule has 0 aromatic rings. The van der Waals surface area contributed by atoms with Crippen molar-refractivity contribution in [2.75, 3.05) is 5.75 Å². The first-order chi connectivity index (χ1) is 6.56. The Balaban J connectivity index is 3.28. The Morgan fingerprint density at radius 3 is 2.29 bits per heavy atom. The predicted octanol–water partition coefficient (Wildman–Crippen LogP) is 2.79. The van der Waals surface area contributed by atoms with Gasteiger partial charge in [-0.1, -0.05) is 38.3 Å². The maximum Gasteiger partial charge on any atom is 0.265 e. The van der Waals surface area contributed by atoms with E-state index >= 15 is 0 Å². The van der Waals surface area contributed by atoms with Crippen molar-refractivity contribution < 1.29 is 13.0 Å². The summed E-state index contributed by atoms with van der Waals surface area (Å²) in [6.07, 6.45) is 10.1. The Hall–Kier alpha value is -0.350. The highest BCUT2D eigenvalue weighted by Crippen LogP contribution is 2.03. The number of hydrogen-bond acceptors (Lipinski definition) is 2. The molecule has 0 heterocycles. The molecule has 0 rings (SSSR count). The second kappa shape index (κ2) is 8.00. The smallest absolute Gasteiger partial charge is 0.265 e. The minimum absolute atomic E-state index is 0.168. The van der Waals surface area contributed by atoms with Crippen LogP contribution >= 0.6 is 0 Å². The number of unbranched alkanes of at least 4 members (excludes halogenated alkanes) is 4. The molecule has 0 atom stereocenters. The van der Waals surface area contributed by atoms with Gasteiger partial charge in [0.15, 0.2) is 0 Å². The summed E-state index contributed by atoms with van der Waals surface area (Å²) in [6.45, 7) is 2.17. The van der Waals surface area contributed by atoms with E-state index in [9.17, 15) is 8.42 Å². The molecular formula is C10H20O3S. The molecule has 0 amide bonds. The zero-order chi connectivity index (χ0) is 10.9. The van der Waals surface area contributed by atoms with Crippen molar-refractivity contribution in [1.29, 1.82) is 0 Å². The van der Waals surface area contributed by atoms with Crippen LogP contribution in [-0.2, 0) is 10.1 Å². The molecule has 0 aliphatic heterocycles. The van der Waals surface area contributed by atoms with Gasteiger partial charge in [0.1, 0.15) is 0 Å². The zero-order valence-corrected chi connectivity index (χ0v) is 9.59. The van der Waals surface area contributed by atoms with Crippen LogP contribution < -0.4 is 0 Å². The van der Waals surface area contributed by atoms with Gasteiger partial charge in [-0.05, 0) is 19.3 Å². The third kappa shape index (κ3) is 11.6. The summed E-state index contributed by atoms with van der Waals surface area (Å²) in [5.74, 6) is -0.168. The highest BCUT2D eigenvalue weighted by Gasteiger charge is 2.00. The van der Waals surface area contributed by atoms with Gasteiger partial charge in [0.05, 0.1) is 5.75 Å². The van der Waals surface area contributed by atoms with Crippen LogP contribution in [0.1, 0.15) is 45.4 Å².